The maximum atomic E-state index is 13.1. The van der Waals surface area contributed by atoms with Crippen molar-refractivity contribution in [3.8, 4) is 5.75 Å². The summed E-state index contributed by atoms with van der Waals surface area (Å²) in [4.78, 5) is 0. The molecule has 0 fully saturated rings. The lowest BCUT2D eigenvalue weighted by Crippen LogP contribution is -2.28. The maximum Gasteiger partial charge on any atom is 0.126 e. The number of aryl methyl sites for hydroxylation is 1. The van der Waals surface area contributed by atoms with Crippen molar-refractivity contribution in [3.05, 3.63) is 29.6 Å². The molecule has 0 amide bonds. The largest absolute Gasteiger partial charge is 0.493 e. The van der Waals surface area contributed by atoms with E-state index in [0.717, 1.165) is 11.3 Å². The minimum Gasteiger partial charge on any atom is -0.493 e. The fourth-order valence-electron chi connectivity index (χ4n) is 1.50. The van der Waals surface area contributed by atoms with E-state index in [9.17, 15) is 4.39 Å². The molecule has 3 heteroatoms. The first-order valence-electron chi connectivity index (χ1n) is 5.84. The van der Waals surface area contributed by atoms with E-state index < -0.39 is 0 Å². The lowest BCUT2D eigenvalue weighted by Gasteiger charge is -2.29. The van der Waals surface area contributed by atoms with Gasteiger partial charge >= 0.3 is 0 Å². The number of rotatable bonds is 4. The Kier molecular flexibility index (Phi) is 4.87. The molecular weight excluding hydrogens is 235 g/mol. The van der Waals surface area contributed by atoms with Crippen molar-refractivity contribution >= 4 is 12.6 Å². The molecule has 0 aliphatic heterocycles. The Bertz CT molecular complexity index is 371. The summed E-state index contributed by atoms with van der Waals surface area (Å²) in [6.07, 6.45) is 0. The molecule has 0 heterocycles. The van der Waals surface area contributed by atoms with E-state index in [1.165, 1.54) is 12.1 Å². The molecule has 0 aromatic heterocycles. The molecule has 0 bridgehead atoms. The summed E-state index contributed by atoms with van der Waals surface area (Å²) < 4.78 is 18.8. The SMILES string of the molecule is Cc1ccc(F)cc1OCC(CS)C(C)(C)C. The third-order valence-corrected chi connectivity index (χ3v) is 3.48. The van der Waals surface area contributed by atoms with Crippen LogP contribution in [0.4, 0.5) is 4.39 Å². The molecule has 0 saturated heterocycles. The van der Waals surface area contributed by atoms with Gasteiger partial charge in [0.05, 0.1) is 6.61 Å². The number of benzene rings is 1. The van der Waals surface area contributed by atoms with Gasteiger partial charge in [0.25, 0.3) is 0 Å². The van der Waals surface area contributed by atoms with Crippen LogP contribution >= 0.6 is 12.6 Å². The second-order valence-corrected chi connectivity index (χ2v) is 5.83. The van der Waals surface area contributed by atoms with Crippen molar-refractivity contribution in [2.45, 2.75) is 27.7 Å². The van der Waals surface area contributed by atoms with E-state index in [1.807, 2.05) is 6.92 Å². The lowest BCUT2D eigenvalue weighted by atomic mass is 9.82. The minimum absolute atomic E-state index is 0.142. The van der Waals surface area contributed by atoms with Crippen molar-refractivity contribution in [3.63, 3.8) is 0 Å². The van der Waals surface area contributed by atoms with Crippen LogP contribution in [0.15, 0.2) is 18.2 Å². The molecule has 0 aliphatic rings. The van der Waals surface area contributed by atoms with E-state index >= 15 is 0 Å². The summed E-state index contributed by atoms with van der Waals surface area (Å²) in [5.74, 6) is 1.47. The molecule has 1 rings (SSSR count). The van der Waals surface area contributed by atoms with E-state index in [1.54, 1.807) is 6.07 Å². The molecule has 17 heavy (non-hydrogen) atoms. The Hall–Kier alpha value is -0.700. The zero-order valence-electron chi connectivity index (χ0n) is 11.0. The Morgan fingerprint density at radius 2 is 2.00 bits per heavy atom. The molecule has 0 N–H and O–H groups in total. The van der Waals surface area contributed by atoms with Crippen LogP contribution in [0, 0.1) is 24.1 Å². The van der Waals surface area contributed by atoms with Gasteiger partial charge in [0.1, 0.15) is 11.6 Å². The van der Waals surface area contributed by atoms with Gasteiger partial charge in [0, 0.05) is 12.0 Å². The Labute approximate surface area is 109 Å². The maximum absolute atomic E-state index is 13.1. The van der Waals surface area contributed by atoms with E-state index in [-0.39, 0.29) is 11.2 Å². The fourth-order valence-corrected chi connectivity index (χ4v) is 2.15. The quantitative estimate of drug-likeness (QED) is 0.798. The topological polar surface area (TPSA) is 9.23 Å². The van der Waals surface area contributed by atoms with Gasteiger partial charge in [-0.15, -0.1) is 0 Å². The Balaban J connectivity index is 2.69. The summed E-state index contributed by atoms with van der Waals surface area (Å²) in [7, 11) is 0. The van der Waals surface area contributed by atoms with E-state index in [0.29, 0.717) is 18.3 Å². The van der Waals surface area contributed by atoms with Gasteiger partial charge in [-0.05, 0) is 29.7 Å². The van der Waals surface area contributed by atoms with Gasteiger partial charge in [0.15, 0.2) is 0 Å². The lowest BCUT2D eigenvalue weighted by molar-refractivity contribution is 0.164. The van der Waals surface area contributed by atoms with Crippen LogP contribution in [0.2, 0.25) is 0 Å². The second kappa shape index (κ2) is 5.76. The molecule has 96 valence electrons. The molecule has 1 nitrogen and oxygen atoms in total. The molecule has 1 atom stereocenters. The van der Waals surface area contributed by atoms with Crippen LogP contribution in [0.3, 0.4) is 0 Å². The molecule has 0 aliphatic carbocycles. The predicted molar refractivity (Wildman–Crippen MR) is 73.4 cm³/mol. The van der Waals surface area contributed by atoms with Gasteiger partial charge in [-0.2, -0.15) is 12.6 Å². The standard InChI is InChI=1S/C14H21FOS/c1-10-5-6-12(15)7-13(10)16-8-11(9-17)14(2,3)4/h5-7,11,17H,8-9H2,1-4H3. The summed E-state index contributed by atoms with van der Waals surface area (Å²) in [6, 6.07) is 4.62. The molecule has 0 spiro atoms. The first-order valence-corrected chi connectivity index (χ1v) is 6.47. The van der Waals surface area contributed by atoms with Crippen LogP contribution in [0.1, 0.15) is 26.3 Å². The van der Waals surface area contributed by atoms with Gasteiger partial charge in [-0.1, -0.05) is 26.8 Å². The molecule has 0 saturated carbocycles. The van der Waals surface area contributed by atoms with Gasteiger partial charge in [-0.25, -0.2) is 4.39 Å². The van der Waals surface area contributed by atoms with Crippen LogP contribution in [0.5, 0.6) is 5.75 Å². The molecule has 0 radical (unpaired) electrons. The van der Waals surface area contributed by atoms with Crippen molar-refractivity contribution in [2.75, 3.05) is 12.4 Å². The van der Waals surface area contributed by atoms with Crippen LogP contribution in [0.25, 0.3) is 0 Å². The molecular formula is C14H21FOS. The fraction of sp³-hybridized carbons (Fsp3) is 0.571. The van der Waals surface area contributed by atoms with Crippen molar-refractivity contribution in [1.29, 1.82) is 0 Å². The minimum atomic E-state index is -0.260. The summed E-state index contributed by atoms with van der Waals surface area (Å²) >= 11 is 4.35. The van der Waals surface area contributed by atoms with Crippen LogP contribution in [-0.4, -0.2) is 12.4 Å². The monoisotopic (exact) mass is 256 g/mol. The summed E-state index contributed by atoms with van der Waals surface area (Å²) in [5.41, 5.74) is 1.10. The smallest absolute Gasteiger partial charge is 0.126 e. The highest BCUT2D eigenvalue weighted by molar-refractivity contribution is 7.80. The Morgan fingerprint density at radius 1 is 1.35 bits per heavy atom. The van der Waals surface area contributed by atoms with E-state index in [4.69, 9.17) is 4.74 Å². The third-order valence-electron chi connectivity index (χ3n) is 3.04. The Morgan fingerprint density at radius 3 is 2.53 bits per heavy atom. The average molecular weight is 256 g/mol. The van der Waals surface area contributed by atoms with Gasteiger partial charge < -0.3 is 4.74 Å². The zero-order valence-corrected chi connectivity index (χ0v) is 11.9. The van der Waals surface area contributed by atoms with E-state index in [2.05, 4.69) is 33.4 Å². The third kappa shape index (κ3) is 4.23. The number of hydrogen-bond acceptors (Lipinski definition) is 2. The average Bonchev–Trinajstić information content (AvgIpc) is 2.22. The zero-order chi connectivity index (χ0) is 13.1. The molecule has 1 unspecified atom stereocenters. The van der Waals surface area contributed by atoms with Crippen molar-refractivity contribution < 1.29 is 9.13 Å². The first-order chi connectivity index (χ1) is 7.84. The number of ether oxygens (including phenoxy) is 1. The van der Waals surface area contributed by atoms with Crippen LogP contribution < -0.4 is 4.74 Å². The van der Waals surface area contributed by atoms with Crippen molar-refractivity contribution in [1.82, 2.24) is 0 Å². The van der Waals surface area contributed by atoms with Crippen LogP contribution in [-0.2, 0) is 0 Å². The predicted octanol–water partition coefficient (Wildman–Crippen LogP) is 4.11. The second-order valence-electron chi connectivity index (χ2n) is 5.47. The summed E-state index contributed by atoms with van der Waals surface area (Å²) in [5, 5.41) is 0. The van der Waals surface area contributed by atoms with Crippen molar-refractivity contribution in [2.24, 2.45) is 11.3 Å². The molecule has 1 aromatic rings. The summed E-state index contributed by atoms with van der Waals surface area (Å²) in [6.45, 7) is 8.97. The normalized spacial score (nSPS) is 13.5. The van der Waals surface area contributed by atoms with Gasteiger partial charge in [-0.3, -0.25) is 0 Å². The number of thiol groups is 1. The highest BCUT2D eigenvalue weighted by Crippen LogP contribution is 2.28. The molecule has 1 aromatic carbocycles. The number of halogens is 1. The van der Waals surface area contributed by atoms with Gasteiger partial charge in [0.2, 0.25) is 0 Å². The number of hydrogen-bond donors (Lipinski definition) is 1. The highest BCUT2D eigenvalue weighted by atomic mass is 32.1. The first kappa shape index (κ1) is 14.4. The highest BCUT2D eigenvalue weighted by Gasteiger charge is 2.24.